The Kier molecular flexibility index (Phi) is 3.99. The SMILES string of the molecule is NCC1CCCC1NS(=O)(=O)c1ccccc1F. The molecule has 1 aromatic rings. The lowest BCUT2D eigenvalue weighted by Gasteiger charge is -2.19. The number of benzene rings is 1. The second-order valence-electron chi connectivity index (χ2n) is 4.58. The summed E-state index contributed by atoms with van der Waals surface area (Å²) in [5, 5.41) is 0. The third-order valence-corrected chi connectivity index (χ3v) is 4.92. The highest BCUT2D eigenvalue weighted by molar-refractivity contribution is 7.89. The lowest BCUT2D eigenvalue weighted by Crippen LogP contribution is -2.40. The van der Waals surface area contributed by atoms with Crippen LogP contribution in [-0.2, 0) is 10.0 Å². The topological polar surface area (TPSA) is 72.2 Å². The standard InChI is InChI=1S/C12H17FN2O2S/c13-10-5-1-2-7-12(10)18(16,17)15-11-6-3-4-9(11)8-14/h1-2,5,7,9,11,15H,3-4,6,8,14H2. The summed E-state index contributed by atoms with van der Waals surface area (Å²) in [7, 11) is -3.80. The molecule has 0 saturated heterocycles. The molecule has 0 amide bonds. The summed E-state index contributed by atoms with van der Waals surface area (Å²) in [6.45, 7) is 0.449. The van der Waals surface area contributed by atoms with Crippen LogP contribution >= 0.6 is 0 Å². The monoisotopic (exact) mass is 272 g/mol. The van der Waals surface area contributed by atoms with Gasteiger partial charge in [0.2, 0.25) is 10.0 Å². The number of nitrogens with two attached hydrogens (primary N) is 1. The van der Waals surface area contributed by atoms with Gasteiger partial charge in [-0.2, -0.15) is 0 Å². The van der Waals surface area contributed by atoms with Gasteiger partial charge in [-0.25, -0.2) is 17.5 Å². The molecule has 1 aromatic carbocycles. The maximum atomic E-state index is 13.5. The van der Waals surface area contributed by atoms with Crippen LogP contribution in [0.2, 0.25) is 0 Å². The minimum Gasteiger partial charge on any atom is -0.330 e. The molecule has 0 heterocycles. The molecule has 2 atom stereocenters. The first kappa shape index (κ1) is 13.5. The van der Waals surface area contributed by atoms with Crippen molar-refractivity contribution in [3.8, 4) is 0 Å². The fourth-order valence-electron chi connectivity index (χ4n) is 2.40. The van der Waals surface area contributed by atoms with Crippen LogP contribution in [0.3, 0.4) is 0 Å². The quantitative estimate of drug-likeness (QED) is 0.866. The van der Waals surface area contributed by atoms with E-state index in [4.69, 9.17) is 5.73 Å². The second kappa shape index (κ2) is 5.34. The number of rotatable bonds is 4. The average molecular weight is 272 g/mol. The first-order valence-electron chi connectivity index (χ1n) is 6.01. The van der Waals surface area contributed by atoms with Crippen LogP contribution in [0.25, 0.3) is 0 Å². The molecule has 1 aliphatic rings. The predicted molar refractivity (Wildman–Crippen MR) is 66.9 cm³/mol. The van der Waals surface area contributed by atoms with E-state index < -0.39 is 15.8 Å². The van der Waals surface area contributed by atoms with Crippen molar-refractivity contribution in [2.75, 3.05) is 6.54 Å². The number of nitrogens with one attached hydrogen (secondary N) is 1. The summed E-state index contributed by atoms with van der Waals surface area (Å²) in [6.07, 6.45) is 2.63. The molecule has 0 radical (unpaired) electrons. The van der Waals surface area contributed by atoms with Gasteiger partial charge in [-0.1, -0.05) is 18.6 Å². The molecular formula is C12H17FN2O2S. The van der Waals surface area contributed by atoms with Crippen molar-refractivity contribution in [2.45, 2.75) is 30.2 Å². The Morgan fingerprint density at radius 3 is 2.72 bits per heavy atom. The van der Waals surface area contributed by atoms with Gasteiger partial charge < -0.3 is 5.73 Å². The molecule has 0 aromatic heterocycles. The Morgan fingerprint density at radius 2 is 2.06 bits per heavy atom. The zero-order valence-electron chi connectivity index (χ0n) is 9.97. The summed E-state index contributed by atoms with van der Waals surface area (Å²) < 4.78 is 40.2. The Labute approximate surface area is 106 Å². The van der Waals surface area contributed by atoms with Gasteiger partial charge in [0.05, 0.1) is 0 Å². The maximum Gasteiger partial charge on any atom is 0.243 e. The summed E-state index contributed by atoms with van der Waals surface area (Å²) in [5.41, 5.74) is 5.60. The fourth-order valence-corrected chi connectivity index (χ4v) is 3.82. The Hall–Kier alpha value is -0.980. The van der Waals surface area contributed by atoms with Gasteiger partial charge in [-0.05, 0) is 37.4 Å². The first-order chi connectivity index (χ1) is 8.54. The van der Waals surface area contributed by atoms with Gasteiger partial charge >= 0.3 is 0 Å². The van der Waals surface area contributed by atoms with E-state index in [1.165, 1.54) is 18.2 Å². The van der Waals surface area contributed by atoms with E-state index in [1.54, 1.807) is 0 Å². The fraction of sp³-hybridized carbons (Fsp3) is 0.500. The molecule has 3 N–H and O–H groups in total. The van der Waals surface area contributed by atoms with Crippen molar-refractivity contribution in [1.82, 2.24) is 4.72 Å². The number of hydrogen-bond donors (Lipinski definition) is 2. The number of halogens is 1. The van der Waals surface area contributed by atoms with Gasteiger partial charge in [-0.15, -0.1) is 0 Å². The van der Waals surface area contributed by atoms with Crippen LogP contribution < -0.4 is 10.5 Å². The highest BCUT2D eigenvalue weighted by Crippen LogP contribution is 2.26. The average Bonchev–Trinajstić information content (AvgIpc) is 2.76. The van der Waals surface area contributed by atoms with E-state index in [0.29, 0.717) is 6.54 Å². The first-order valence-corrected chi connectivity index (χ1v) is 7.50. The molecule has 6 heteroatoms. The van der Waals surface area contributed by atoms with Crippen molar-refractivity contribution in [2.24, 2.45) is 11.7 Å². The van der Waals surface area contributed by atoms with Gasteiger partial charge in [0, 0.05) is 6.04 Å². The third kappa shape index (κ3) is 2.71. The molecule has 0 spiro atoms. The highest BCUT2D eigenvalue weighted by atomic mass is 32.2. The summed E-state index contributed by atoms with van der Waals surface area (Å²) in [4.78, 5) is -0.298. The van der Waals surface area contributed by atoms with Gasteiger partial charge in [-0.3, -0.25) is 0 Å². The zero-order valence-corrected chi connectivity index (χ0v) is 10.8. The lowest BCUT2D eigenvalue weighted by atomic mass is 10.1. The Morgan fingerprint density at radius 1 is 1.33 bits per heavy atom. The number of sulfonamides is 1. The van der Waals surface area contributed by atoms with Crippen LogP contribution in [0.15, 0.2) is 29.2 Å². The van der Waals surface area contributed by atoms with E-state index in [9.17, 15) is 12.8 Å². The zero-order chi connectivity index (χ0) is 13.2. The molecule has 1 fully saturated rings. The second-order valence-corrected chi connectivity index (χ2v) is 6.27. The molecule has 18 heavy (non-hydrogen) atoms. The van der Waals surface area contributed by atoms with Crippen LogP contribution in [0, 0.1) is 11.7 Å². The van der Waals surface area contributed by atoms with Crippen molar-refractivity contribution in [3.05, 3.63) is 30.1 Å². The highest BCUT2D eigenvalue weighted by Gasteiger charge is 2.31. The van der Waals surface area contributed by atoms with Gasteiger partial charge in [0.15, 0.2) is 0 Å². The predicted octanol–water partition coefficient (Wildman–Crippen LogP) is 1.23. The van der Waals surface area contributed by atoms with E-state index in [0.717, 1.165) is 25.3 Å². The normalized spacial score (nSPS) is 24.3. The minimum atomic E-state index is -3.80. The smallest absolute Gasteiger partial charge is 0.243 e. The minimum absolute atomic E-state index is 0.145. The molecule has 0 bridgehead atoms. The Balaban J connectivity index is 2.20. The molecule has 1 saturated carbocycles. The Bertz CT molecular complexity index is 519. The van der Waals surface area contributed by atoms with E-state index in [-0.39, 0.29) is 16.9 Å². The molecular weight excluding hydrogens is 255 g/mol. The largest absolute Gasteiger partial charge is 0.330 e. The van der Waals surface area contributed by atoms with Gasteiger partial charge in [0.25, 0.3) is 0 Å². The van der Waals surface area contributed by atoms with Gasteiger partial charge in [0.1, 0.15) is 10.7 Å². The lowest BCUT2D eigenvalue weighted by molar-refractivity contribution is 0.451. The summed E-state index contributed by atoms with van der Waals surface area (Å²) in [5.74, 6) is -0.584. The van der Waals surface area contributed by atoms with E-state index >= 15 is 0 Å². The van der Waals surface area contributed by atoms with Crippen LogP contribution in [0.5, 0.6) is 0 Å². The van der Waals surface area contributed by atoms with Crippen molar-refractivity contribution >= 4 is 10.0 Å². The molecule has 2 unspecified atom stereocenters. The van der Waals surface area contributed by atoms with Crippen LogP contribution in [0.1, 0.15) is 19.3 Å². The molecule has 0 aliphatic heterocycles. The third-order valence-electron chi connectivity index (χ3n) is 3.39. The summed E-state index contributed by atoms with van der Waals surface area (Å²) in [6, 6.07) is 5.20. The number of hydrogen-bond acceptors (Lipinski definition) is 3. The van der Waals surface area contributed by atoms with E-state index in [2.05, 4.69) is 4.72 Å². The molecule has 4 nitrogen and oxygen atoms in total. The molecule has 2 rings (SSSR count). The van der Waals surface area contributed by atoms with Crippen molar-refractivity contribution in [1.29, 1.82) is 0 Å². The van der Waals surface area contributed by atoms with E-state index in [1.807, 2.05) is 0 Å². The molecule has 1 aliphatic carbocycles. The summed E-state index contributed by atoms with van der Waals surface area (Å²) >= 11 is 0. The maximum absolute atomic E-state index is 13.5. The van der Waals surface area contributed by atoms with Crippen LogP contribution in [-0.4, -0.2) is 21.0 Å². The molecule has 100 valence electrons. The van der Waals surface area contributed by atoms with Crippen molar-refractivity contribution < 1.29 is 12.8 Å². The van der Waals surface area contributed by atoms with Crippen molar-refractivity contribution in [3.63, 3.8) is 0 Å². The van der Waals surface area contributed by atoms with Crippen LogP contribution in [0.4, 0.5) is 4.39 Å².